The molecular weight excluding hydrogens is 500 g/mol. The molecule has 0 bridgehead atoms. The summed E-state index contributed by atoms with van der Waals surface area (Å²) in [6.07, 6.45) is 0. The van der Waals surface area contributed by atoms with Crippen molar-refractivity contribution in [1.82, 2.24) is 0 Å². The van der Waals surface area contributed by atoms with Gasteiger partial charge >= 0.3 is 11.9 Å². The Kier molecular flexibility index (Phi) is 8.30. The number of nitrogen functional groups attached to an aromatic ring is 2. The van der Waals surface area contributed by atoms with Gasteiger partial charge in [-0.05, 0) is 87.6 Å². The topological polar surface area (TPSA) is 127 Å². The van der Waals surface area contributed by atoms with E-state index in [1.54, 1.807) is 18.2 Å². The van der Waals surface area contributed by atoms with Gasteiger partial charge < -0.3 is 21.7 Å². The Labute approximate surface area is 232 Å². The molecule has 0 saturated heterocycles. The van der Waals surface area contributed by atoms with E-state index in [0.717, 1.165) is 38.4 Å². The molecule has 0 amide bonds. The molecule has 0 aliphatic heterocycles. The van der Waals surface area contributed by atoms with Gasteiger partial charge in [0, 0.05) is 11.4 Å². The molecule has 0 atom stereocenters. The molecule has 0 spiro atoms. The summed E-state index contributed by atoms with van der Waals surface area (Å²) < 4.78 is 0. The SMILES string of the molecule is Cc1cc2ccccc2cc1C(=O)O.Cc1cc2ccccc2cc1N.Nc1cc2ccccc2cc1C(=O)O. The van der Waals surface area contributed by atoms with Crippen LogP contribution in [-0.2, 0) is 0 Å². The molecule has 40 heavy (non-hydrogen) atoms. The second-order valence-corrected chi connectivity index (χ2v) is 9.47. The highest BCUT2D eigenvalue weighted by Crippen LogP contribution is 2.22. The van der Waals surface area contributed by atoms with Crippen molar-refractivity contribution in [1.29, 1.82) is 0 Å². The van der Waals surface area contributed by atoms with Crippen molar-refractivity contribution in [2.45, 2.75) is 13.8 Å². The van der Waals surface area contributed by atoms with Crippen LogP contribution in [0.1, 0.15) is 31.8 Å². The minimum atomic E-state index is -0.992. The largest absolute Gasteiger partial charge is 0.478 e. The van der Waals surface area contributed by atoms with Gasteiger partial charge in [0.15, 0.2) is 0 Å². The Morgan fingerprint density at radius 1 is 0.475 bits per heavy atom. The molecule has 0 heterocycles. The fourth-order valence-electron chi connectivity index (χ4n) is 4.40. The van der Waals surface area contributed by atoms with Gasteiger partial charge in [-0.25, -0.2) is 9.59 Å². The summed E-state index contributed by atoms with van der Waals surface area (Å²) in [5.74, 6) is -1.86. The Balaban J connectivity index is 0.000000139. The van der Waals surface area contributed by atoms with E-state index in [1.807, 2.05) is 86.6 Å². The lowest BCUT2D eigenvalue weighted by atomic mass is 10.0. The van der Waals surface area contributed by atoms with Crippen molar-refractivity contribution >= 4 is 55.6 Å². The van der Waals surface area contributed by atoms with Crippen LogP contribution < -0.4 is 11.5 Å². The van der Waals surface area contributed by atoms with Gasteiger partial charge in [0.1, 0.15) is 0 Å². The first kappa shape index (κ1) is 27.7. The number of carboxylic acid groups (broad SMARTS) is 2. The molecule has 6 N–H and O–H groups in total. The van der Waals surface area contributed by atoms with Gasteiger partial charge in [-0.3, -0.25) is 0 Å². The molecule has 6 aromatic carbocycles. The zero-order valence-corrected chi connectivity index (χ0v) is 22.3. The summed E-state index contributed by atoms with van der Waals surface area (Å²) in [5, 5.41) is 24.1. The number of rotatable bonds is 2. The normalized spacial score (nSPS) is 10.3. The van der Waals surface area contributed by atoms with Crippen LogP contribution in [0.4, 0.5) is 11.4 Å². The zero-order valence-electron chi connectivity index (χ0n) is 22.3. The zero-order chi connectivity index (χ0) is 28.8. The van der Waals surface area contributed by atoms with Crippen LogP contribution in [0, 0.1) is 13.8 Å². The number of hydrogen-bond donors (Lipinski definition) is 4. The maximum atomic E-state index is 10.9. The molecule has 0 unspecified atom stereocenters. The molecule has 0 aliphatic rings. The Bertz CT molecular complexity index is 1730. The van der Waals surface area contributed by atoms with E-state index in [1.165, 1.54) is 10.8 Å². The standard InChI is InChI=1S/C12H10O2.C11H9NO2.C11H11N/c1-8-6-9-4-2-3-5-10(9)7-11(8)12(13)14;12-10-6-8-4-2-1-3-7(8)5-9(10)11(13)14;1-8-6-9-4-2-3-5-10(9)7-11(8)12/h2-7H,1H3,(H,13,14);1-6H,12H2,(H,13,14);2-7H,12H2,1H3. The van der Waals surface area contributed by atoms with E-state index in [9.17, 15) is 9.59 Å². The second-order valence-electron chi connectivity index (χ2n) is 9.47. The molecule has 0 saturated carbocycles. The first-order chi connectivity index (χ1) is 19.1. The predicted octanol–water partition coefficient (Wildman–Crippen LogP) is 7.70. The molecule has 6 nitrogen and oxygen atoms in total. The van der Waals surface area contributed by atoms with Crippen molar-refractivity contribution in [2.24, 2.45) is 0 Å². The Hall–Kier alpha value is -5.36. The highest BCUT2D eigenvalue weighted by Gasteiger charge is 2.09. The van der Waals surface area contributed by atoms with E-state index in [0.29, 0.717) is 11.3 Å². The number of aromatic carboxylic acids is 2. The summed E-state index contributed by atoms with van der Waals surface area (Å²) in [6, 6.07) is 34.5. The number of benzene rings is 6. The fourth-order valence-corrected chi connectivity index (χ4v) is 4.40. The van der Waals surface area contributed by atoms with Crippen molar-refractivity contribution in [3.8, 4) is 0 Å². The Morgan fingerprint density at radius 3 is 1.23 bits per heavy atom. The maximum absolute atomic E-state index is 10.9. The number of hydrogen-bond acceptors (Lipinski definition) is 4. The summed E-state index contributed by atoms with van der Waals surface area (Å²) in [4.78, 5) is 21.7. The quantitative estimate of drug-likeness (QED) is 0.170. The average molecular weight is 531 g/mol. The van der Waals surface area contributed by atoms with Crippen LogP contribution in [0.15, 0.2) is 109 Å². The van der Waals surface area contributed by atoms with Gasteiger partial charge in [-0.15, -0.1) is 0 Å². The number of carbonyl (C=O) groups is 2. The summed E-state index contributed by atoms with van der Waals surface area (Å²) in [6.45, 7) is 3.84. The molecule has 6 aromatic rings. The molecule has 0 radical (unpaired) electrons. The fraction of sp³-hybridized carbons (Fsp3) is 0.0588. The third-order valence-electron chi connectivity index (χ3n) is 6.61. The molecule has 0 aromatic heterocycles. The van der Waals surface area contributed by atoms with Crippen LogP contribution in [0.2, 0.25) is 0 Å². The number of carboxylic acids is 2. The third kappa shape index (κ3) is 6.37. The Morgan fingerprint density at radius 2 is 0.800 bits per heavy atom. The highest BCUT2D eigenvalue weighted by atomic mass is 16.4. The van der Waals surface area contributed by atoms with E-state index >= 15 is 0 Å². The molecule has 6 rings (SSSR count). The molecule has 0 aliphatic carbocycles. The van der Waals surface area contributed by atoms with Crippen molar-refractivity contribution in [3.05, 3.63) is 131 Å². The number of anilines is 2. The summed E-state index contributed by atoms with van der Waals surface area (Å²) in [7, 11) is 0. The van der Waals surface area contributed by atoms with Crippen LogP contribution in [-0.4, -0.2) is 22.2 Å². The lowest BCUT2D eigenvalue weighted by Crippen LogP contribution is -2.01. The van der Waals surface area contributed by atoms with E-state index in [-0.39, 0.29) is 5.56 Å². The van der Waals surface area contributed by atoms with Crippen molar-refractivity contribution in [3.63, 3.8) is 0 Å². The predicted molar refractivity (Wildman–Crippen MR) is 164 cm³/mol. The monoisotopic (exact) mass is 530 g/mol. The van der Waals surface area contributed by atoms with Gasteiger partial charge in [0.05, 0.1) is 11.1 Å². The number of nitrogens with two attached hydrogens (primary N) is 2. The minimum Gasteiger partial charge on any atom is -0.478 e. The van der Waals surface area contributed by atoms with Crippen LogP contribution in [0.5, 0.6) is 0 Å². The van der Waals surface area contributed by atoms with E-state index in [4.69, 9.17) is 21.7 Å². The first-order valence-electron chi connectivity index (χ1n) is 12.6. The summed E-state index contributed by atoms with van der Waals surface area (Å²) >= 11 is 0. The first-order valence-corrected chi connectivity index (χ1v) is 12.6. The lowest BCUT2D eigenvalue weighted by Gasteiger charge is -2.03. The molecule has 0 fully saturated rings. The minimum absolute atomic E-state index is 0.156. The van der Waals surface area contributed by atoms with Gasteiger partial charge in [0.25, 0.3) is 0 Å². The second kappa shape index (κ2) is 12.0. The molecule has 200 valence electrons. The van der Waals surface area contributed by atoms with Crippen LogP contribution in [0.25, 0.3) is 32.3 Å². The van der Waals surface area contributed by atoms with Gasteiger partial charge in [-0.2, -0.15) is 0 Å². The van der Waals surface area contributed by atoms with Crippen LogP contribution in [0.3, 0.4) is 0 Å². The maximum Gasteiger partial charge on any atom is 0.337 e. The lowest BCUT2D eigenvalue weighted by molar-refractivity contribution is 0.0686. The van der Waals surface area contributed by atoms with Crippen LogP contribution >= 0.6 is 0 Å². The van der Waals surface area contributed by atoms with Gasteiger partial charge in [-0.1, -0.05) is 78.9 Å². The number of aryl methyl sites for hydroxylation is 2. The smallest absolute Gasteiger partial charge is 0.337 e. The number of fused-ring (bicyclic) bond motifs is 3. The molecule has 6 heteroatoms. The highest BCUT2D eigenvalue weighted by molar-refractivity contribution is 6.00. The third-order valence-corrected chi connectivity index (χ3v) is 6.61. The van der Waals surface area contributed by atoms with E-state index < -0.39 is 11.9 Å². The van der Waals surface area contributed by atoms with Crippen molar-refractivity contribution < 1.29 is 19.8 Å². The van der Waals surface area contributed by atoms with Crippen molar-refractivity contribution in [2.75, 3.05) is 11.5 Å². The van der Waals surface area contributed by atoms with Gasteiger partial charge in [0.2, 0.25) is 0 Å². The summed E-state index contributed by atoms with van der Waals surface area (Å²) in [5.41, 5.74) is 15.0. The average Bonchev–Trinajstić information content (AvgIpc) is 2.93. The van der Waals surface area contributed by atoms with E-state index in [2.05, 4.69) is 18.2 Å². The molecular formula is C34H30N2O4.